The molecule has 0 fully saturated rings. The van der Waals surface area contributed by atoms with E-state index in [1.54, 1.807) is 0 Å². The number of hydrogen-bond acceptors (Lipinski definition) is 3. The zero-order valence-corrected chi connectivity index (χ0v) is 14.0. The Labute approximate surface area is 128 Å². The second kappa shape index (κ2) is 5.83. The maximum atomic E-state index is 12.4. The van der Waals surface area contributed by atoms with E-state index in [0.717, 1.165) is 6.07 Å². The number of carboxylic acid groups (broad SMARTS) is 1. The Kier molecular flexibility index (Phi) is 4.86. The summed E-state index contributed by atoms with van der Waals surface area (Å²) in [4.78, 5) is 11.4. The van der Waals surface area contributed by atoms with Crippen molar-refractivity contribution in [2.45, 2.75) is 45.3 Å². The number of carbonyl (C=O) groups is 1. The third kappa shape index (κ3) is 4.39. The Hall–Kier alpha value is -1.70. The number of hydrogen-bond donors (Lipinski definition) is 1. The van der Waals surface area contributed by atoms with Crippen LogP contribution < -0.4 is 9.16 Å². The van der Waals surface area contributed by atoms with Gasteiger partial charge in [-0.3, -0.25) is 0 Å². The molecule has 0 spiro atoms. The van der Waals surface area contributed by atoms with Crippen molar-refractivity contribution in [3.8, 4) is 11.5 Å². The first kappa shape index (κ1) is 18.3. The zero-order chi connectivity index (χ0) is 17.3. The number of benzene rings is 1. The van der Waals surface area contributed by atoms with Crippen LogP contribution in [0.1, 0.15) is 31.1 Å². The minimum Gasteiger partial charge on any atom is -0.543 e. The van der Waals surface area contributed by atoms with Crippen molar-refractivity contribution in [1.82, 2.24) is 0 Å². The summed E-state index contributed by atoms with van der Waals surface area (Å²) in [6.45, 7) is 9.56. The summed E-state index contributed by atoms with van der Waals surface area (Å²) >= 11 is 0. The number of aromatic carboxylic acids is 1. The molecule has 1 rings (SSSR count). The summed E-state index contributed by atoms with van der Waals surface area (Å²) < 4.78 is 46.8. The van der Waals surface area contributed by atoms with Gasteiger partial charge in [-0.05, 0) is 30.3 Å². The summed E-state index contributed by atoms with van der Waals surface area (Å²) in [6.07, 6.45) is -4.97. The van der Waals surface area contributed by atoms with Crippen LogP contribution >= 0.6 is 0 Å². The fourth-order valence-electron chi connectivity index (χ4n) is 1.44. The number of alkyl halides is 3. The van der Waals surface area contributed by atoms with E-state index in [9.17, 15) is 23.1 Å². The highest BCUT2D eigenvalue weighted by Gasteiger charge is 2.40. The van der Waals surface area contributed by atoms with Crippen molar-refractivity contribution in [2.75, 3.05) is 0 Å². The molecule has 0 aliphatic rings. The third-order valence-corrected chi connectivity index (χ3v) is 7.94. The molecule has 0 aliphatic carbocycles. The third-order valence-electron chi connectivity index (χ3n) is 3.60. The van der Waals surface area contributed by atoms with Gasteiger partial charge in [0.15, 0.2) is 0 Å². The zero-order valence-electron chi connectivity index (χ0n) is 13.0. The fraction of sp³-hybridized carbons (Fsp3) is 0.500. The van der Waals surface area contributed by atoms with Gasteiger partial charge in [0.1, 0.15) is 17.1 Å². The molecule has 0 bridgehead atoms. The van der Waals surface area contributed by atoms with E-state index in [2.05, 4.69) is 4.74 Å². The Bertz CT molecular complexity index is 562. The fourth-order valence-corrected chi connectivity index (χ4v) is 2.47. The van der Waals surface area contributed by atoms with Gasteiger partial charge in [-0.25, -0.2) is 4.79 Å². The summed E-state index contributed by atoms with van der Waals surface area (Å²) in [5.74, 6) is -2.43. The number of carboxylic acids is 1. The first-order valence-corrected chi connectivity index (χ1v) is 9.46. The molecule has 22 heavy (non-hydrogen) atoms. The highest BCUT2D eigenvalue weighted by molar-refractivity contribution is 6.74. The van der Waals surface area contributed by atoms with Crippen molar-refractivity contribution in [3.63, 3.8) is 0 Å². The van der Waals surface area contributed by atoms with E-state index in [1.165, 1.54) is 12.1 Å². The van der Waals surface area contributed by atoms with Gasteiger partial charge < -0.3 is 14.3 Å². The van der Waals surface area contributed by atoms with E-state index in [4.69, 9.17) is 4.43 Å². The number of halogens is 3. The molecule has 8 heteroatoms. The van der Waals surface area contributed by atoms with Crippen LogP contribution in [-0.2, 0) is 0 Å². The van der Waals surface area contributed by atoms with Crippen LogP contribution in [0.5, 0.6) is 11.5 Å². The standard InChI is InChI=1S/C14H19F3O4Si/c1-13(2,3)22(4,5)21-10-8-6-7-9(11(10)12(18)19)20-14(15,16)17/h6-8H,1-5H3,(H,18,19). The van der Waals surface area contributed by atoms with E-state index in [0.29, 0.717) is 0 Å². The normalized spacial score (nSPS) is 12.9. The van der Waals surface area contributed by atoms with E-state index < -0.39 is 32.0 Å². The molecule has 0 heterocycles. The molecule has 0 radical (unpaired) electrons. The van der Waals surface area contributed by atoms with Gasteiger partial charge in [0.2, 0.25) is 0 Å². The number of ether oxygens (including phenoxy) is 1. The van der Waals surface area contributed by atoms with Crippen LogP contribution in [0, 0.1) is 0 Å². The highest BCUT2D eigenvalue weighted by Crippen LogP contribution is 2.40. The summed E-state index contributed by atoms with van der Waals surface area (Å²) in [7, 11) is -2.40. The first-order valence-electron chi connectivity index (χ1n) is 6.56. The maximum Gasteiger partial charge on any atom is 0.573 e. The minimum atomic E-state index is -4.97. The van der Waals surface area contributed by atoms with Crippen LogP contribution in [0.3, 0.4) is 0 Å². The van der Waals surface area contributed by atoms with Crippen LogP contribution in [0.25, 0.3) is 0 Å². The molecule has 0 saturated heterocycles. The van der Waals surface area contributed by atoms with Gasteiger partial charge in [-0.15, -0.1) is 13.2 Å². The lowest BCUT2D eigenvalue weighted by atomic mass is 10.2. The Morgan fingerprint density at radius 3 is 2.05 bits per heavy atom. The first-order chi connectivity index (χ1) is 9.74. The van der Waals surface area contributed by atoms with Crippen molar-refractivity contribution >= 4 is 14.3 Å². The van der Waals surface area contributed by atoms with Crippen molar-refractivity contribution in [3.05, 3.63) is 23.8 Å². The van der Waals surface area contributed by atoms with Crippen molar-refractivity contribution in [1.29, 1.82) is 0 Å². The van der Waals surface area contributed by atoms with E-state index in [1.807, 2.05) is 33.9 Å². The number of rotatable bonds is 4. The minimum absolute atomic E-state index is 0.110. The molecule has 0 aromatic heterocycles. The second-order valence-electron chi connectivity index (χ2n) is 6.34. The average molecular weight is 336 g/mol. The van der Waals surface area contributed by atoms with Gasteiger partial charge in [0.05, 0.1) is 0 Å². The van der Waals surface area contributed by atoms with Crippen LogP contribution in [0.15, 0.2) is 18.2 Å². The summed E-state index contributed by atoms with van der Waals surface area (Å²) in [6, 6.07) is 3.57. The Morgan fingerprint density at radius 2 is 1.64 bits per heavy atom. The van der Waals surface area contributed by atoms with Crippen LogP contribution in [0.2, 0.25) is 18.1 Å². The smallest absolute Gasteiger partial charge is 0.543 e. The molecule has 0 atom stereocenters. The predicted molar refractivity (Wildman–Crippen MR) is 77.9 cm³/mol. The molecule has 124 valence electrons. The van der Waals surface area contributed by atoms with Crippen molar-refractivity contribution in [2.24, 2.45) is 0 Å². The molecule has 0 unspecified atom stereocenters. The monoisotopic (exact) mass is 336 g/mol. The van der Waals surface area contributed by atoms with Crippen LogP contribution in [0.4, 0.5) is 13.2 Å². The van der Waals surface area contributed by atoms with Gasteiger partial charge in [0.25, 0.3) is 8.32 Å². The molecule has 4 nitrogen and oxygen atoms in total. The summed E-state index contributed by atoms with van der Waals surface area (Å²) in [5.41, 5.74) is -0.621. The molecular formula is C14H19F3O4Si. The van der Waals surface area contributed by atoms with Gasteiger partial charge in [0, 0.05) is 0 Å². The maximum absolute atomic E-state index is 12.4. The highest BCUT2D eigenvalue weighted by atomic mass is 28.4. The largest absolute Gasteiger partial charge is 0.573 e. The van der Waals surface area contributed by atoms with Gasteiger partial charge >= 0.3 is 12.3 Å². The molecular weight excluding hydrogens is 317 g/mol. The molecule has 0 saturated carbocycles. The molecule has 0 aliphatic heterocycles. The van der Waals surface area contributed by atoms with Crippen molar-refractivity contribution < 1.29 is 32.2 Å². The lowest BCUT2D eigenvalue weighted by Crippen LogP contribution is -2.44. The predicted octanol–water partition coefficient (Wildman–Crippen LogP) is 4.67. The molecule has 0 amide bonds. The topological polar surface area (TPSA) is 55.8 Å². The Balaban J connectivity index is 3.32. The van der Waals surface area contributed by atoms with Crippen LogP contribution in [-0.4, -0.2) is 25.8 Å². The van der Waals surface area contributed by atoms with E-state index >= 15 is 0 Å². The summed E-state index contributed by atoms with van der Waals surface area (Å²) in [5, 5.41) is 9.00. The molecule has 1 N–H and O–H groups in total. The quantitative estimate of drug-likeness (QED) is 0.812. The SMILES string of the molecule is CC(C)(C)[Si](C)(C)Oc1cccc(OC(F)(F)F)c1C(=O)O. The Morgan fingerprint density at radius 1 is 1.14 bits per heavy atom. The average Bonchev–Trinajstić information content (AvgIpc) is 2.23. The molecule has 1 aromatic carbocycles. The molecule has 1 aromatic rings. The lowest BCUT2D eigenvalue weighted by Gasteiger charge is -2.36. The second-order valence-corrected chi connectivity index (χ2v) is 11.1. The van der Waals surface area contributed by atoms with Gasteiger partial charge in [-0.1, -0.05) is 26.8 Å². The lowest BCUT2D eigenvalue weighted by molar-refractivity contribution is -0.274. The van der Waals surface area contributed by atoms with Gasteiger partial charge in [-0.2, -0.15) is 0 Å². The van der Waals surface area contributed by atoms with E-state index in [-0.39, 0.29) is 10.8 Å².